The number of anilines is 1. The lowest BCUT2D eigenvalue weighted by molar-refractivity contribution is -0.148. The van der Waals surface area contributed by atoms with Crippen molar-refractivity contribution < 1.29 is 33.4 Å². The van der Waals surface area contributed by atoms with Crippen molar-refractivity contribution in [3.8, 4) is 0 Å². The Hall–Kier alpha value is -3.11. The van der Waals surface area contributed by atoms with Gasteiger partial charge in [0.25, 0.3) is 5.91 Å². The van der Waals surface area contributed by atoms with E-state index in [4.69, 9.17) is 31.5 Å². The summed E-state index contributed by atoms with van der Waals surface area (Å²) < 4.78 is 14.9. The monoisotopic (exact) mass is 496 g/mol. The van der Waals surface area contributed by atoms with Crippen molar-refractivity contribution in [3.05, 3.63) is 50.9 Å². The third kappa shape index (κ3) is 6.23. The van der Waals surface area contributed by atoms with Crippen molar-refractivity contribution in [1.29, 1.82) is 0 Å². The standard InChI is InChI=1S/C22H25ClN2O7S/c1-5-11(2)16(25-19(26)12-6-8-13(23)9-7-12)21(28)32-10-14-15(20(27)30-3)18(24)33-17(14)22(29)31-4/h6-9,11,16H,5,10,24H2,1-4H3,(H,25,26)/t11-,16-/m0/s1. The van der Waals surface area contributed by atoms with Gasteiger partial charge in [-0.15, -0.1) is 11.3 Å². The molecule has 178 valence electrons. The Kier molecular flexibility index (Phi) is 9.24. The summed E-state index contributed by atoms with van der Waals surface area (Å²) in [7, 11) is 2.34. The van der Waals surface area contributed by atoms with Gasteiger partial charge in [-0.2, -0.15) is 0 Å². The number of nitrogens with two attached hydrogens (primary N) is 1. The van der Waals surface area contributed by atoms with Gasteiger partial charge in [0.15, 0.2) is 0 Å². The van der Waals surface area contributed by atoms with Crippen LogP contribution in [-0.4, -0.2) is 44.1 Å². The molecule has 0 fully saturated rings. The number of hydrogen-bond donors (Lipinski definition) is 2. The van der Waals surface area contributed by atoms with Crippen LogP contribution < -0.4 is 11.1 Å². The fraction of sp³-hybridized carbons (Fsp3) is 0.364. The number of methoxy groups -OCH3 is 2. The molecule has 1 aromatic heterocycles. The molecule has 0 radical (unpaired) electrons. The molecule has 9 nitrogen and oxygen atoms in total. The highest BCUT2D eigenvalue weighted by molar-refractivity contribution is 7.18. The van der Waals surface area contributed by atoms with Gasteiger partial charge >= 0.3 is 17.9 Å². The number of amides is 1. The summed E-state index contributed by atoms with van der Waals surface area (Å²) in [6, 6.07) is 5.23. The first-order chi connectivity index (χ1) is 15.6. The number of thiophene rings is 1. The van der Waals surface area contributed by atoms with Crippen LogP contribution in [0.4, 0.5) is 5.00 Å². The highest BCUT2D eigenvalue weighted by Crippen LogP contribution is 2.33. The van der Waals surface area contributed by atoms with Crippen molar-refractivity contribution in [3.63, 3.8) is 0 Å². The Morgan fingerprint density at radius 3 is 2.24 bits per heavy atom. The van der Waals surface area contributed by atoms with Crippen LogP contribution in [0.3, 0.4) is 0 Å². The van der Waals surface area contributed by atoms with Crippen LogP contribution in [0.2, 0.25) is 5.02 Å². The van der Waals surface area contributed by atoms with E-state index in [9.17, 15) is 19.2 Å². The molecule has 1 aromatic carbocycles. The van der Waals surface area contributed by atoms with Crippen molar-refractivity contribution in [1.82, 2.24) is 5.32 Å². The molecule has 11 heteroatoms. The van der Waals surface area contributed by atoms with E-state index in [1.54, 1.807) is 19.1 Å². The van der Waals surface area contributed by atoms with E-state index in [-0.39, 0.29) is 26.9 Å². The summed E-state index contributed by atoms with van der Waals surface area (Å²) >= 11 is 6.69. The molecule has 1 heterocycles. The number of hydrogen-bond acceptors (Lipinski definition) is 9. The van der Waals surface area contributed by atoms with E-state index in [2.05, 4.69) is 5.32 Å². The lowest BCUT2D eigenvalue weighted by Crippen LogP contribution is -2.46. The fourth-order valence-corrected chi connectivity index (χ4v) is 4.04. The molecule has 33 heavy (non-hydrogen) atoms. The number of ether oxygens (including phenoxy) is 3. The molecule has 0 aliphatic rings. The maximum Gasteiger partial charge on any atom is 0.348 e. The van der Waals surface area contributed by atoms with Crippen LogP contribution in [0.25, 0.3) is 0 Å². The first-order valence-electron chi connectivity index (χ1n) is 9.95. The zero-order valence-electron chi connectivity index (χ0n) is 18.6. The Labute approximate surface area is 200 Å². The molecule has 0 bridgehead atoms. The van der Waals surface area contributed by atoms with Crippen LogP contribution in [0.1, 0.15) is 56.2 Å². The quantitative estimate of drug-likeness (QED) is 0.398. The summed E-state index contributed by atoms with van der Waals surface area (Å²) in [5.74, 6) is -2.98. The van der Waals surface area contributed by atoms with Crippen molar-refractivity contribution in [2.45, 2.75) is 32.9 Å². The van der Waals surface area contributed by atoms with Crippen LogP contribution in [0.5, 0.6) is 0 Å². The minimum atomic E-state index is -0.975. The number of esters is 3. The van der Waals surface area contributed by atoms with Gasteiger partial charge in [0, 0.05) is 16.1 Å². The average molecular weight is 497 g/mol. The predicted octanol–water partition coefficient (Wildman–Crippen LogP) is 3.44. The number of benzene rings is 1. The highest BCUT2D eigenvalue weighted by Gasteiger charge is 2.31. The molecule has 0 unspecified atom stereocenters. The number of carbonyl (C=O) groups excluding carboxylic acids is 4. The van der Waals surface area contributed by atoms with E-state index in [1.165, 1.54) is 19.2 Å². The van der Waals surface area contributed by atoms with E-state index in [1.807, 2.05) is 6.92 Å². The van der Waals surface area contributed by atoms with Gasteiger partial charge in [0.1, 0.15) is 28.1 Å². The first kappa shape index (κ1) is 26.1. The van der Waals surface area contributed by atoms with Crippen molar-refractivity contribution in [2.24, 2.45) is 5.92 Å². The number of halogens is 1. The van der Waals surface area contributed by atoms with Crippen LogP contribution in [0.15, 0.2) is 24.3 Å². The zero-order chi connectivity index (χ0) is 24.7. The van der Waals surface area contributed by atoms with Gasteiger partial charge in [0.2, 0.25) is 0 Å². The normalized spacial score (nSPS) is 12.4. The van der Waals surface area contributed by atoms with Crippen molar-refractivity contribution in [2.75, 3.05) is 20.0 Å². The number of rotatable bonds is 9. The molecule has 0 aliphatic carbocycles. The second-order valence-electron chi connectivity index (χ2n) is 7.08. The van der Waals surface area contributed by atoms with Crippen LogP contribution in [0, 0.1) is 5.92 Å². The molecule has 0 aliphatic heterocycles. The zero-order valence-corrected chi connectivity index (χ0v) is 20.2. The Bertz CT molecular complexity index is 1040. The highest BCUT2D eigenvalue weighted by atomic mass is 35.5. The molecule has 2 rings (SSSR count). The number of carbonyl (C=O) groups is 4. The van der Waals surface area contributed by atoms with E-state index < -0.39 is 36.5 Å². The maximum atomic E-state index is 12.9. The summed E-state index contributed by atoms with van der Waals surface area (Å²) in [5.41, 5.74) is 6.23. The molecule has 0 saturated carbocycles. The van der Waals surface area contributed by atoms with Gasteiger partial charge in [-0.05, 0) is 30.2 Å². The van der Waals surface area contributed by atoms with Gasteiger partial charge in [-0.3, -0.25) is 4.79 Å². The molecular formula is C22H25ClN2O7S. The minimum absolute atomic E-state index is 0.0217. The van der Waals surface area contributed by atoms with Gasteiger partial charge < -0.3 is 25.3 Å². The topological polar surface area (TPSA) is 134 Å². The van der Waals surface area contributed by atoms with Gasteiger partial charge in [0.05, 0.1) is 14.2 Å². The number of nitrogen functional groups attached to an aromatic ring is 1. The lowest BCUT2D eigenvalue weighted by atomic mass is 9.98. The maximum absolute atomic E-state index is 12.9. The SMILES string of the molecule is CC[C@H](C)[C@H](NC(=O)c1ccc(Cl)cc1)C(=O)OCc1c(C(=O)OC)sc(N)c1C(=O)OC. The lowest BCUT2D eigenvalue weighted by Gasteiger charge is -2.23. The third-order valence-corrected chi connectivity index (χ3v) is 6.31. The van der Waals surface area contributed by atoms with Crippen LogP contribution in [-0.2, 0) is 25.6 Å². The molecule has 0 saturated heterocycles. The van der Waals surface area contributed by atoms with Gasteiger partial charge in [-0.1, -0.05) is 31.9 Å². The number of nitrogens with one attached hydrogen (secondary N) is 1. The van der Waals surface area contributed by atoms with Crippen molar-refractivity contribution >= 4 is 51.8 Å². The van der Waals surface area contributed by atoms with E-state index >= 15 is 0 Å². The summed E-state index contributed by atoms with van der Waals surface area (Å²) in [5, 5.41) is 3.18. The second kappa shape index (κ2) is 11.7. The summed E-state index contributed by atoms with van der Waals surface area (Å²) in [6.45, 7) is 3.21. The minimum Gasteiger partial charge on any atom is -0.465 e. The smallest absolute Gasteiger partial charge is 0.348 e. The second-order valence-corrected chi connectivity index (χ2v) is 8.57. The third-order valence-electron chi connectivity index (χ3n) is 5.01. The Morgan fingerprint density at radius 1 is 1.09 bits per heavy atom. The molecule has 3 N–H and O–H groups in total. The van der Waals surface area contributed by atoms with E-state index in [0.29, 0.717) is 17.0 Å². The Balaban J connectivity index is 2.26. The molecule has 1 amide bonds. The van der Waals surface area contributed by atoms with Gasteiger partial charge in [-0.25, -0.2) is 14.4 Å². The molecule has 0 spiro atoms. The molecule has 2 atom stereocenters. The fourth-order valence-electron chi connectivity index (χ4n) is 2.93. The largest absolute Gasteiger partial charge is 0.465 e. The summed E-state index contributed by atoms with van der Waals surface area (Å²) in [4.78, 5) is 49.9. The van der Waals surface area contributed by atoms with E-state index in [0.717, 1.165) is 18.4 Å². The molecule has 2 aromatic rings. The van der Waals surface area contributed by atoms with Crippen LogP contribution >= 0.6 is 22.9 Å². The Morgan fingerprint density at radius 2 is 1.70 bits per heavy atom. The molecular weight excluding hydrogens is 472 g/mol. The summed E-state index contributed by atoms with van der Waals surface area (Å²) in [6.07, 6.45) is 0.576. The predicted molar refractivity (Wildman–Crippen MR) is 123 cm³/mol. The first-order valence-corrected chi connectivity index (χ1v) is 11.1. The average Bonchev–Trinajstić information content (AvgIpc) is 3.15.